The Morgan fingerprint density at radius 2 is 2.15 bits per heavy atom. The second-order valence-electron chi connectivity index (χ2n) is 4.96. The summed E-state index contributed by atoms with van der Waals surface area (Å²) in [5.41, 5.74) is 0.310. The fourth-order valence-electron chi connectivity index (χ4n) is 2.65. The first-order valence-electron chi connectivity index (χ1n) is 7.06. The summed E-state index contributed by atoms with van der Waals surface area (Å²) in [4.78, 5) is 14.5. The molecule has 1 aromatic carbocycles. The molecule has 0 bridgehead atoms. The minimum Gasteiger partial charge on any atom is -0.507 e. The van der Waals surface area contributed by atoms with Crippen molar-refractivity contribution >= 4 is 5.91 Å². The number of rotatable bonds is 4. The maximum Gasteiger partial charge on any atom is 0.257 e. The van der Waals surface area contributed by atoms with Gasteiger partial charge in [0.1, 0.15) is 11.5 Å². The van der Waals surface area contributed by atoms with Crippen LogP contribution in [0, 0.1) is 0 Å². The zero-order valence-electron chi connectivity index (χ0n) is 12.1. The standard InChI is InChI=1S/C15H22N2O3/c1-3-17(11-6-8-16-9-7-11)15(19)13-10-12(20-2)4-5-14(13)18/h4-5,10-11,16,18H,3,6-9H2,1-2H3. The van der Waals surface area contributed by atoms with Crippen molar-refractivity contribution in [3.63, 3.8) is 0 Å². The van der Waals surface area contributed by atoms with E-state index in [2.05, 4.69) is 5.32 Å². The van der Waals surface area contributed by atoms with Gasteiger partial charge in [-0.25, -0.2) is 0 Å². The monoisotopic (exact) mass is 278 g/mol. The van der Waals surface area contributed by atoms with E-state index in [1.54, 1.807) is 19.2 Å². The number of hydrogen-bond acceptors (Lipinski definition) is 4. The van der Waals surface area contributed by atoms with Crippen molar-refractivity contribution in [2.45, 2.75) is 25.8 Å². The van der Waals surface area contributed by atoms with Crippen molar-refractivity contribution in [1.82, 2.24) is 10.2 Å². The fourth-order valence-corrected chi connectivity index (χ4v) is 2.65. The summed E-state index contributed by atoms with van der Waals surface area (Å²) in [5, 5.41) is 13.2. The molecular weight excluding hydrogens is 256 g/mol. The summed E-state index contributed by atoms with van der Waals surface area (Å²) in [6, 6.07) is 4.98. The highest BCUT2D eigenvalue weighted by atomic mass is 16.5. The van der Waals surface area contributed by atoms with E-state index < -0.39 is 0 Å². The number of piperidine rings is 1. The van der Waals surface area contributed by atoms with E-state index in [-0.39, 0.29) is 17.7 Å². The van der Waals surface area contributed by atoms with Crippen LogP contribution >= 0.6 is 0 Å². The number of hydrogen-bond donors (Lipinski definition) is 2. The van der Waals surface area contributed by atoms with Crippen LogP contribution in [-0.4, -0.2) is 48.7 Å². The highest BCUT2D eigenvalue weighted by molar-refractivity contribution is 5.97. The number of methoxy groups -OCH3 is 1. The van der Waals surface area contributed by atoms with Crippen LogP contribution in [0.4, 0.5) is 0 Å². The summed E-state index contributed by atoms with van der Waals surface area (Å²) < 4.78 is 5.13. The van der Waals surface area contributed by atoms with Crippen LogP contribution in [-0.2, 0) is 0 Å². The van der Waals surface area contributed by atoms with Crippen molar-refractivity contribution in [2.24, 2.45) is 0 Å². The van der Waals surface area contributed by atoms with Gasteiger partial charge in [0.25, 0.3) is 5.91 Å². The molecule has 0 saturated carbocycles. The van der Waals surface area contributed by atoms with Crippen LogP contribution in [0.2, 0.25) is 0 Å². The molecule has 0 unspecified atom stereocenters. The first-order valence-corrected chi connectivity index (χ1v) is 7.06. The molecule has 1 aliphatic rings. The molecule has 1 saturated heterocycles. The minimum absolute atomic E-state index is 0.00295. The molecule has 0 spiro atoms. The Morgan fingerprint density at radius 1 is 1.45 bits per heavy atom. The van der Waals surface area contributed by atoms with Gasteiger partial charge in [-0.2, -0.15) is 0 Å². The first-order chi connectivity index (χ1) is 9.67. The summed E-state index contributed by atoms with van der Waals surface area (Å²) >= 11 is 0. The molecule has 0 aromatic heterocycles. The summed E-state index contributed by atoms with van der Waals surface area (Å²) in [6.45, 7) is 4.47. The van der Waals surface area contributed by atoms with Crippen LogP contribution in [0.3, 0.4) is 0 Å². The number of carbonyl (C=O) groups is 1. The molecule has 110 valence electrons. The molecule has 1 amide bonds. The van der Waals surface area contributed by atoms with E-state index in [0.717, 1.165) is 25.9 Å². The van der Waals surface area contributed by atoms with Crippen molar-refractivity contribution in [2.75, 3.05) is 26.7 Å². The third-order valence-corrected chi connectivity index (χ3v) is 3.79. The van der Waals surface area contributed by atoms with Crippen molar-refractivity contribution < 1.29 is 14.6 Å². The number of phenolic OH excluding ortho intramolecular Hbond substituents is 1. The molecular formula is C15H22N2O3. The predicted molar refractivity (Wildman–Crippen MR) is 77.3 cm³/mol. The van der Waals surface area contributed by atoms with Crippen LogP contribution in [0.25, 0.3) is 0 Å². The average molecular weight is 278 g/mol. The van der Waals surface area contributed by atoms with Gasteiger partial charge in [0.15, 0.2) is 0 Å². The lowest BCUT2D eigenvalue weighted by Crippen LogP contribution is -2.46. The lowest BCUT2D eigenvalue weighted by Gasteiger charge is -2.34. The van der Waals surface area contributed by atoms with Gasteiger partial charge in [0.05, 0.1) is 12.7 Å². The van der Waals surface area contributed by atoms with Crippen LogP contribution in [0.1, 0.15) is 30.1 Å². The van der Waals surface area contributed by atoms with Crippen LogP contribution in [0.5, 0.6) is 11.5 Å². The van der Waals surface area contributed by atoms with Crippen LogP contribution in [0.15, 0.2) is 18.2 Å². The Hall–Kier alpha value is -1.75. The lowest BCUT2D eigenvalue weighted by molar-refractivity contribution is 0.0652. The number of benzene rings is 1. The Balaban J connectivity index is 2.23. The van der Waals surface area contributed by atoms with E-state index in [0.29, 0.717) is 17.9 Å². The Morgan fingerprint density at radius 3 is 2.75 bits per heavy atom. The minimum atomic E-state index is -0.129. The normalized spacial score (nSPS) is 15.9. The van der Waals surface area contributed by atoms with Gasteiger partial charge in [-0.05, 0) is 51.1 Å². The van der Waals surface area contributed by atoms with Gasteiger partial charge < -0.3 is 20.1 Å². The van der Waals surface area contributed by atoms with Gasteiger partial charge in [-0.3, -0.25) is 4.79 Å². The topological polar surface area (TPSA) is 61.8 Å². The second-order valence-corrected chi connectivity index (χ2v) is 4.96. The van der Waals surface area contributed by atoms with Crippen LogP contribution < -0.4 is 10.1 Å². The maximum absolute atomic E-state index is 12.7. The highest BCUT2D eigenvalue weighted by Crippen LogP contribution is 2.26. The van der Waals surface area contributed by atoms with E-state index in [4.69, 9.17) is 4.74 Å². The van der Waals surface area contributed by atoms with Gasteiger partial charge in [0, 0.05) is 12.6 Å². The Labute approximate surface area is 119 Å². The average Bonchev–Trinajstić information content (AvgIpc) is 2.49. The SMILES string of the molecule is CCN(C(=O)c1cc(OC)ccc1O)C1CCNCC1. The number of nitrogens with zero attached hydrogens (tertiary/aromatic N) is 1. The molecule has 1 aromatic rings. The Kier molecular flexibility index (Phi) is 4.84. The first kappa shape index (κ1) is 14.7. The van der Waals surface area contributed by atoms with E-state index >= 15 is 0 Å². The summed E-state index contributed by atoms with van der Waals surface area (Å²) in [6.07, 6.45) is 1.90. The largest absolute Gasteiger partial charge is 0.507 e. The molecule has 5 nitrogen and oxygen atoms in total. The molecule has 2 N–H and O–H groups in total. The zero-order valence-corrected chi connectivity index (χ0v) is 12.1. The zero-order chi connectivity index (χ0) is 14.5. The van der Waals surface area contributed by atoms with Gasteiger partial charge >= 0.3 is 0 Å². The lowest BCUT2D eigenvalue weighted by atomic mass is 10.0. The summed E-state index contributed by atoms with van der Waals surface area (Å²) in [5.74, 6) is 0.450. The van der Waals surface area contributed by atoms with Gasteiger partial charge in [-0.15, -0.1) is 0 Å². The number of amides is 1. The third kappa shape index (κ3) is 3.04. The van der Waals surface area contributed by atoms with E-state index in [1.165, 1.54) is 6.07 Å². The predicted octanol–water partition coefficient (Wildman–Crippen LogP) is 1.61. The number of carbonyl (C=O) groups excluding carboxylic acids is 1. The van der Waals surface area contributed by atoms with Gasteiger partial charge in [-0.1, -0.05) is 0 Å². The van der Waals surface area contributed by atoms with E-state index in [1.807, 2.05) is 11.8 Å². The molecule has 1 fully saturated rings. The molecule has 2 rings (SSSR count). The van der Waals surface area contributed by atoms with E-state index in [9.17, 15) is 9.90 Å². The number of phenols is 1. The third-order valence-electron chi connectivity index (χ3n) is 3.79. The quantitative estimate of drug-likeness (QED) is 0.878. The number of ether oxygens (including phenoxy) is 1. The fraction of sp³-hybridized carbons (Fsp3) is 0.533. The molecule has 5 heteroatoms. The second kappa shape index (κ2) is 6.61. The molecule has 0 atom stereocenters. The van der Waals surface area contributed by atoms with Crippen molar-refractivity contribution in [3.8, 4) is 11.5 Å². The molecule has 0 aliphatic carbocycles. The molecule has 20 heavy (non-hydrogen) atoms. The molecule has 1 heterocycles. The Bertz CT molecular complexity index is 470. The molecule has 0 radical (unpaired) electrons. The number of aromatic hydroxyl groups is 1. The smallest absolute Gasteiger partial charge is 0.257 e. The van der Waals surface area contributed by atoms with Crippen molar-refractivity contribution in [3.05, 3.63) is 23.8 Å². The maximum atomic E-state index is 12.7. The van der Waals surface area contributed by atoms with Crippen molar-refractivity contribution in [1.29, 1.82) is 0 Å². The summed E-state index contributed by atoms with van der Waals surface area (Å²) in [7, 11) is 1.55. The highest BCUT2D eigenvalue weighted by Gasteiger charge is 2.26. The van der Waals surface area contributed by atoms with Gasteiger partial charge in [0.2, 0.25) is 0 Å². The molecule has 1 aliphatic heterocycles. The number of nitrogens with one attached hydrogen (secondary N) is 1.